The van der Waals surface area contributed by atoms with E-state index < -0.39 is 0 Å². The zero-order valence-corrected chi connectivity index (χ0v) is 16.6. The molecule has 0 amide bonds. The second-order valence-electron chi connectivity index (χ2n) is 8.99. The Labute approximate surface area is 159 Å². The molecule has 0 aromatic rings. The van der Waals surface area contributed by atoms with Crippen LogP contribution in [0.1, 0.15) is 51.9 Å². The molecule has 0 spiro atoms. The Morgan fingerprint density at radius 2 is 2.08 bits per heavy atom. The van der Waals surface area contributed by atoms with Crippen molar-refractivity contribution in [2.75, 3.05) is 26.7 Å². The molecule has 4 rings (SSSR count). The average molecular weight is 363 g/mol. The minimum absolute atomic E-state index is 0.436. The Kier molecular flexibility index (Phi) is 6.32. The van der Waals surface area contributed by atoms with E-state index in [-0.39, 0.29) is 0 Å². The van der Waals surface area contributed by atoms with Gasteiger partial charge in [0.2, 0.25) is 0 Å². The Morgan fingerprint density at radius 3 is 2.96 bits per heavy atom. The average Bonchev–Trinajstić information content (AvgIpc) is 2.93. The van der Waals surface area contributed by atoms with Crippen molar-refractivity contribution in [1.29, 1.82) is 0 Å². The third kappa shape index (κ3) is 4.33. The molecule has 7 unspecified atom stereocenters. The van der Waals surface area contributed by atoms with Crippen LogP contribution in [0.25, 0.3) is 0 Å². The van der Waals surface area contributed by atoms with Crippen molar-refractivity contribution in [3.05, 3.63) is 11.6 Å². The first-order valence-corrected chi connectivity index (χ1v) is 10.9. The standard InChI is InChI=1S/C21H38N4O/c1-14-10-17(22-2)13-20(24-14)25-18-11-16-6-9-26-21(16)19(12-18)15-4-3-7-23-8-5-15/h5,14,16-25H,3-4,6-13H2,1-2H3. The van der Waals surface area contributed by atoms with Crippen LogP contribution in [-0.2, 0) is 4.74 Å². The van der Waals surface area contributed by atoms with Crippen molar-refractivity contribution in [2.24, 2.45) is 11.8 Å². The number of piperidine rings is 1. The van der Waals surface area contributed by atoms with Crippen molar-refractivity contribution in [2.45, 2.75) is 82.3 Å². The first kappa shape index (κ1) is 18.9. The fraction of sp³-hybridized carbons (Fsp3) is 0.905. The van der Waals surface area contributed by atoms with E-state index in [0.29, 0.717) is 36.3 Å². The second-order valence-corrected chi connectivity index (χ2v) is 8.99. The van der Waals surface area contributed by atoms with Gasteiger partial charge in [0.05, 0.1) is 12.3 Å². The Morgan fingerprint density at radius 1 is 1.15 bits per heavy atom. The van der Waals surface area contributed by atoms with E-state index in [1.54, 1.807) is 5.57 Å². The van der Waals surface area contributed by atoms with Gasteiger partial charge in [0.1, 0.15) is 0 Å². The summed E-state index contributed by atoms with van der Waals surface area (Å²) in [5.41, 5.74) is 1.66. The molecule has 4 N–H and O–H groups in total. The molecule has 0 bridgehead atoms. The highest BCUT2D eigenvalue weighted by molar-refractivity contribution is 5.15. The van der Waals surface area contributed by atoms with Gasteiger partial charge in [-0.25, -0.2) is 0 Å². The summed E-state index contributed by atoms with van der Waals surface area (Å²) in [4.78, 5) is 0. The van der Waals surface area contributed by atoms with Crippen LogP contribution in [0, 0.1) is 11.8 Å². The number of fused-ring (bicyclic) bond motifs is 1. The van der Waals surface area contributed by atoms with Gasteiger partial charge in [-0.3, -0.25) is 10.6 Å². The minimum Gasteiger partial charge on any atom is -0.377 e. The first-order valence-electron chi connectivity index (χ1n) is 10.9. The molecule has 3 aliphatic heterocycles. The maximum Gasteiger partial charge on any atom is 0.0670 e. The van der Waals surface area contributed by atoms with Crippen LogP contribution in [0.5, 0.6) is 0 Å². The van der Waals surface area contributed by atoms with Crippen LogP contribution in [-0.4, -0.2) is 57.1 Å². The summed E-state index contributed by atoms with van der Waals surface area (Å²) in [5.74, 6) is 1.36. The van der Waals surface area contributed by atoms with Gasteiger partial charge < -0.3 is 15.4 Å². The molecule has 0 aromatic heterocycles. The molecule has 1 aliphatic carbocycles. The summed E-state index contributed by atoms with van der Waals surface area (Å²) in [7, 11) is 2.10. The highest BCUT2D eigenvalue weighted by Crippen LogP contribution is 2.42. The topological polar surface area (TPSA) is 57.3 Å². The molecule has 1 saturated carbocycles. The molecule has 5 nitrogen and oxygen atoms in total. The predicted molar refractivity (Wildman–Crippen MR) is 106 cm³/mol. The summed E-state index contributed by atoms with van der Waals surface area (Å²) in [5, 5.41) is 14.8. The van der Waals surface area contributed by atoms with Gasteiger partial charge in [0, 0.05) is 37.2 Å². The van der Waals surface area contributed by atoms with E-state index >= 15 is 0 Å². The van der Waals surface area contributed by atoms with E-state index in [0.717, 1.165) is 25.6 Å². The van der Waals surface area contributed by atoms with Crippen molar-refractivity contribution in [3.63, 3.8) is 0 Å². The van der Waals surface area contributed by atoms with E-state index in [4.69, 9.17) is 4.74 Å². The van der Waals surface area contributed by atoms with Crippen molar-refractivity contribution in [3.8, 4) is 0 Å². The van der Waals surface area contributed by atoms with Crippen LogP contribution in [0.2, 0.25) is 0 Å². The summed E-state index contributed by atoms with van der Waals surface area (Å²) in [6.07, 6.45) is 12.1. The molecule has 2 saturated heterocycles. The van der Waals surface area contributed by atoms with Gasteiger partial charge >= 0.3 is 0 Å². The molecule has 5 heteroatoms. The van der Waals surface area contributed by atoms with E-state index in [1.165, 1.54) is 44.9 Å². The van der Waals surface area contributed by atoms with E-state index in [2.05, 4.69) is 41.3 Å². The number of hydrogen-bond acceptors (Lipinski definition) is 5. The molecular formula is C21H38N4O. The van der Waals surface area contributed by atoms with Crippen LogP contribution < -0.4 is 21.3 Å². The van der Waals surface area contributed by atoms with Crippen LogP contribution >= 0.6 is 0 Å². The maximum atomic E-state index is 6.24. The Balaban J connectivity index is 1.43. The quantitative estimate of drug-likeness (QED) is 0.574. The smallest absolute Gasteiger partial charge is 0.0670 e. The molecule has 0 aromatic carbocycles. The van der Waals surface area contributed by atoms with Gasteiger partial charge in [-0.2, -0.15) is 0 Å². The molecule has 4 aliphatic rings. The van der Waals surface area contributed by atoms with Gasteiger partial charge in [-0.1, -0.05) is 11.6 Å². The number of hydrogen-bond donors (Lipinski definition) is 4. The largest absolute Gasteiger partial charge is 0.377 e. The SMILES string of the molecule is CNC1CC(C)NC(NC2CC3CCOC3C(C3=CCNCCC3)C2)C1. The Hall–Kier alpha value is -0.460. The number of ether oxygens (including phenoxy) is 1. The lowest BCUT2D eigenvalue weighted by atomic mass is 9.72. The molecule has 3 fully saturated rings. The number of nitrogens with one attached hydrogen (secondary N) is 4. The van der Waals surface area contributed by atoms with Crippen molar-refractivity contribution >= 4 is 0 Å². The third-order valence-corrected chi connectivity index (χ3v) is 7.08. The summed E-state index contributed by atoms with van der Waals surface area (Å²) < 4.78 is 6.24. The minimum atomic E-state index is 0.436. The lowest BCUT2D eigenvalue weighted by Gasteiger charge is -2.43. The van der Waals surface area contributed by atoms with E-state index in [1.807, 2.05) is 0 Å². The molecule has 3 heterocycles. The monoisotopic (exact) mass is 362 g/mol. The summed E-state index contributed by atoms with van der Waals surface area (Å²) >= 11 is 0. The molecule has 7 atom stereocenters. The molecule has 148 valence electrons. The highest BCUT2D eigenvalue weighted by Gasteiger charge is 2.43. The Bertz CT molecular complexity index is 496. The van der Waals surface area contributed by atoms with Gasteiger partial charge in [0.15, 0.2) is 0 Å². The maximum absolute atomic E-state index is 6.24. The summed E-state index contributed by atoms with van der Waals surface area (Å²) in [6, 6.07) is 1.82. The third-order valence-electron chi connectivity index (χ3n) is 7.08. The van der Waals surface area contributed by atoms with Crippen LogP contribution in [0.4, 0.5) is 0 Å². The van der Waals surface area contributed by atoms with Gasteiger partial charge in [0.25, 0.3) is 0 Å². The molecule has 0 radical (unpaired) electrons. The fourth-order valence-corrected chi connectivity index (χ4v) is 5.84. The highest BCUT2D eigenvalue weighted by atomic mass is 16.5. The predicted octanol–water partition coefficient (Wildman–Crippen LogP) is 1.76. The zero-order chi connectivity index (χ0) is 17.9. The number of rotatable bonds is 4. The van der Waals surface area contributed by atoms with Crippen molar-refractivity contribution in [1.82, 2.24) is 21.3 Å². The van der Waals surface area contributed by atoms with Crippen LogP contribution in [0.3, 0.4) is 0 Å². The van der Waals surface area contributed by atoms with E-state index in [9.17, 15) is 0 Å². The van der Waals surface area contributed by atoms with Crippen LogP contribution in [0.15, 0.2) is 11.6 Å². The van der Waals surface area contributed by atoms with Gasteiger partial charge in [-0.15, -0.1) is 0 Å². The van der Waals surface area contributed by atoms with Gasteiger partial charge in [-0.05, 0) is 71.4 Å². The molecular weight excluding hydrogens is 324 g/mol. The second kappa shape index (κ2) is 8.70. The lowest BCUT2D eigenvalue weighted by Crippen LogP contribution is -2.59. The lowest BCUT2D eigenvalue weighted by molar-refractivity contribution is 0.0189. The van der Waals surface area contributed by atoms with Crippen molar-refractivity contribution < 1.29 is 4.74 Å². The molecule has 26 heavy (non-hydrogen) atoms. The fourth-order valence-electron chi connectivity index (χ4n) is 5.84. The summed E-state index contributed by atoms with van der Waals surface area (Å²) in [6.45, 7) is 5.46. The zero-order valence-electron chi connectivity index (χ0n) is 16.6. The first-order chi connectivity index (χ1) is 12.7. The normalized spacial score (nSPS) is 44.2.